The third kappa shape index (κ3) is 4.30. The fourth-order valence-electron chi connectivity index (χ4n) is 2.92. The summed E-state index contributed by atoms with van der Waals surface area (Å²) in [6.07, 6.45) is 7.45. The molecular formula is C17H28N2OS. The van der Waals surface area contributed by atoms with Gasteiger partial charge in [0.2, 0.25) is 0 Å². The Labute approximate surface area is 132 Å². The molecule has 0 aliphatic heterocycles. The molecule has 3 nitrogen and oxygen atoms in total. The van der Waals surface area contributed by atoms with Gasteiger partial charge in [-0.2, -0.15) is 0 Å². The largest absolute Gasteiger partial charge is 0.340 e. The molecule has 0 saturated carbocycles. The summed E-state index contributed by atoms with van der Waals surface area (Å²) in [5, 5.41) is 0. The van der Waals surface area contributed by atoms with Gasteiger partial charge in [-0.15, -0.1) is 11.3 Å². The molecule has 21 heavy (non-hydrogen) atoms. The number of carbonyl (C=O) groups excluding carboxylic acids is 1. The number of aryl methyl sites for hydroxylation is 2. The molecule has 0 bridgehead atoms. The predicted octanol–water partition coefficient (Wildman–Crippen LogP) is 3.46. The van der Waals surface area contributed by atoms with Crippen molar-refractivity contribution in [1.29, 1.82) is 0 Å². The standard InChI is InChI=1S/C17H28N2OS/c1-17(2,11-18)12-19(3)16(20)15-10-13-8-6-4-5-7-9-14(13)21-15/h10H,4-9,11-12,18H2,1-3H3. The first kappa shape index (κ1) is 16.5. The first-order chi connectivity index (χ1) is 9.93. The molecule has 1 aromatic heterocycles. The van der Waals surface area contributed by atoms with Crippen LogP contribution in [-0.4, -0.2) is 30.9 Å². The first-order valence-corrected chi connectivity index (χ1v) is 8.82. The second-order valence-corrected chi connectivity index (χ2v) is 8.14. The summed E-state index contributed by atoms with van der Waals surface area (Å²) in [4.78, 5) is 16.8. The average molecular weight is 308 g/mol. The van der Waals surface area contributed by atoms with E-state index in [9.17, 15) is 4.79 Å². The van der Waals surface area contributed by atoms with Crippen LogP contribution in [-0.2, 0) is 12.8 Å². The van der Waals surface area contributed by atoms with Gasteiger partial charge in [0.15, 0.2) is 0 Å². The number of thiophene rings is 1. The Morgan fingerprint density at radius 3 is 2.62 bits per heavy atom. The number of carbonyl (C=O) groups is 1. The fraction of sp³-hybridized carbons (Fsp3) is 0.706. The molecule has 0 unspecified atom stereocenters. The van der Waals surface area contributed by atoms with Gasteiger partial charge in [0.05, 0.1) is 4.88 Å². The Hall–Kier alpha value is -0.870. The molecular weight excluding hydrogens is 280 g/mol. The van der Waals surface area contributed by atoms with Gasteiger partial charge in [-0.1, -0.05) is 26.7 Å². The van der Waals surface area contributed by atoms with E-state index < -0.39 is 0 Å². The van der Waals surface area contributed by atoms with Gasteiger partial charge in [-0.25, -0.2) is 0 Å². The molecule has 0 radical (unpaired) electrons. The van der Waals surface area contributed by atoms with E-state index in [-0.39, 0.29) is 11.3 Å². The van der Waals surface area contributed by atoms with Crippen molar-refractivity contribution >= 4 is 17.2 Å². The normalized spacial score (nSPS) is 16.0. The minimum atomic E-state index is -0.0315. The fourth-order valence-corrected chi connectivity index (χ4v) is 4.16. The molecule has 1 amide bonds. The lowest BCUT2D eigenvalue weighted by atomic mass is 9.93. The van der Waals surface area contributed by atoms with E-state index in [1.54, 1.807) is 11.3 Å². The molecule has 2 rings (SSSR count). The van der Waals surface area contributed by atoms with Crippen LogP contribution in [0.4, 0.5) is 0 Å². The number of hydrogen-bond acceptors (Lipinski definition) is 3. The van der Waals surface area contributed by atoms with Crippen LogP contribution >= 0.6 is 11.3 Å². The van der Waals surface area contributed by atoms with Gasteiger partial charge < -0.3 is 10.6 Å². The molecule has 1 heterocycles. The molecule has 0 saturated heterocycles. The van der Waals surface area contributed by atoms with Crippen LogP contribution in [0.1, 0.15) is 59.6 Å². The van der Waals surface area contributed by atoms with Crippen LogP contribution < -0.4 is 5.73 Å². The Balaban J connectivity index is 2.10. The highest BCUT2D eigenvalue weighted by Gasteiger charge is 2.24. The second-order valence-electron chi connectivity index (χ2n) is 7.00. The van der Waals surface area contributed by atoms with Crippen molar-refractivity contribution in [2.75, 3.05) is 20.1 Å². The summed E-state index contributed by atoms with van der Waals surface area (Å²) >= 11 is 1.71. The van der Waals surface area contributed by atoms with Crippen LogP contribution in [0.15, 0.2) is 6.07 Å². The zero-order chi connectivity index (χ0) is 15.5. The summed E-state index contributed by atoms with van der Waals surface area (Å²) in [6.45, 7) is 5.49. The number of rotatable bonds is 4. The maximum atomic E-state index is 12.6. The number of hydrogen-bond donors (Lipinski definition) is 1. The van der Waals surface area contributed by atoms with Crippen molar-refractivity contribution in [2.45, 2.75) is 52.4 Å². The van der Waals surface area contributed by atoms with E-state index in [1.165, 1.54) is 36.1 Å². The minimum Gasteiger partial charge on any atom is -0.340 e. The average Bonchev–Trinajstić information content (AvgIpc) is 2.80. The zero-order valence-corrected chi connectivity index (χ0v) is 14.4. The van der Waals surface area contributed by atoms with E-state index in [4.69, 9.17) is 5.73 Å². The molecule has 1 aliphatic rings. The van der Waals surface area contributed by atoms with E-state index in [0.717, 1.165) is 17.7 Å². The lowest BCUT2D eigenvalue weighted by Gasteiger charge is -2.28. The number of nitrogens with two attached hydrogens (primary N) is 1. The molecule has 1 aliphatic carbocycles. The van der Waals surface area contributed by atoms with E-state index in [0.29, 0.717) is 13.1 Å². The first-order valence-electron chi connectivity index (χ1n) is 8.00. The smallest absolute Gasteiger partial charge is 0.263 e. The van der Waals surface area contributed by atoms with Crippen LogP contribution in [0, 0.1) is 5.41 Å². The third-order valence-electron chi connectivity index (χ3n) is 4.27. The molecule has 0 aromatic carbocycles. The number of amides is 1. The van der Waals surface area contributed by atoms with Crippen LogP contribution in [0.25, 0.3) is 0 Å². The summed E-state index contributed by atoms with van der Waals surface area (Å²) in [7, 11) is 1.89. The van der Waals surface area contributed by atoms with Crippen LogP contribution in [0.2, 0.25) is 0 Å². The van der Waals surface area contributed by atoms with Gasteiger partial charge in [0, 0.05) is 18.5 Å². The van der Waals surface area contributed by atoms with Gasteiger partial charge in [-0.3, -0.25) is 4.79 Å². The summed E-state index contributed by atoms with van der Waals surface area (Å²) in [5.41, 5.74) is 7.15. The summed E-state index contributed by atoms with van der Waals surface area (Å²) in [6, 6.07) is 2.14. The van der Waals surface area contributed by atoms with Crippen LogP contribution in [0.3, 0.4) is 0 Å². The molecule has 0 fully saturated rings. The highest BCUT2D eigenvalue weighted by molar-refractivity contribution is 7.14. The monoisotopic (exact) mass is 308 g/mol. The summed E-state index contributed by atoms with van der Waals surface area (Å²) in [5.74, 6) is 0.147. The number of nitrogens with zero attached hydrogens (tertiary/aromatic N) is 1. The van der Waals surface area contributed by atoms with Gasteiger partial charge >= 0.3 is 0 Å². The van der Waals surface area contributed by atoms with Gasteiger partial charge in [-0.05, 0) is 49.3 Å². The van der Waals surface area contributed by atoms with Crippen molar-refractivity contribution in [3.63, 3.8) is 0 Å². The Morgan fingerprint density at radius 1 is 1.29 bits per heavy atom. The molecule has 0 spiro atoms. The van der Waals surface area contributed by atoms with Crippen molar-refractivity contribution in [3.05, 3.63) is 21.4 Å². The molecule has 118 valence electrons. The quantitative estimate of drug-likeness (QED) is 0.926. The number of fused-ring (bicyclic) bond motifs is 1. The predicted molar refractivity (Wildman–Crippen MR) is 90.0 cm³/mol. The van der Waals surface area contributed by atoms with Crippen molar-refractivity contribution in [1.82, 2.24) is 4.90 Å². The Bertz CT molecular complexity index is 467. The third-order valence-corrected chi connectivity index (χ3v) is 5.50. The lowest BCUT2D eigenvalue weighted by molar-refractivity contribution is 0.0745. The maximum Gasteiger partial charge on any atom is 0.263 e. The zero-order valence-electron chi connectivity index (χ0n) is 13.6. The second kappa shape index (κ2) is 6.93. The molecule has 4 heteroatoms. The van der Waals surface area contributed by atoms with E-state index in [1.807, 2.05) is 11.9 Å². The van der Waals surface area contributed by atoms with Crippen LogP contribution in [0.5, 0.6) is 0 Å². The highest BCUT2D eigenvalue weighted by Crippen LogP contribution is 2.29. The maximum absolute atomic E-state index is 12.6. The SMILES string of the molecule is CN(CC(C)(C)CN)C(=O)c1cc2c(s1)CCCCCC2. The van der Waals surface area contributed by atoms with Gasteiger partial charge in [0.25, 0.3) is 5.91 Å². The van der Waals surface area contributed by atoms with Crippen molar-refractivity contribution < 1.29 is 4.79 Å². The van der Waals surface area contributed by atoms with E-state index >= 15 is 0 Å². The lowest BCUT2D eigenvalue weighted by Crippen LogP contribution is -2.39. The molecule has 1 aromatic rings. The van der Waals surface area contributed by atoms with Crippen molar-refractivity contribution in [3.8, 4) is 0 Å². The van der Waals surface area contributed by atoms with Gasteiger partial charge in [0.1, 0.15) is 0 Å². The summed E-state index contributed by atoms with van der Waals surface area (Å²) < 4.78 is 0. The van der Waals surface area contributed by atoms with E-state index in [2.05, 4.69) is 19.9 Å². The Morgan fingerprint density at radius 2 is 1.95 bits per heavy atom. The highest BCUT2D eigenvalue weighted by atomic mass is 32.1. The Kier molecular flexibility index (Phi) is 5.44. The minimum absolute atomic E-state index is 0.0315. The molecule has 0 atom stereocenters. The topological polar surface area (TPSA) is 46.3 Å². The molecule has 2 N–H and O–H groups in total. The van der Waals surface area contributed by atoms with Crippen molar-refractivity contribution in [2.24, 2.45) is 11.1 Å².